The molecule has 0 spiro atoms. The summed E-state index contributed by atoms with van der Waals surface area (Å²) >= 11 is 7.46. The van der Waals surface area contributed by atoms with Crippen molar-refractivity contribution in [2.24, 2.45) is 10.9 Å². The van der Waals surface area contributed by atoms with E-state index < -0.39 is 0 Å². The lowest BCUT2D eigenvalue weighted by Crippen LogP contribution is -2.32. The van der Waals surface area contributed by atoms with Gasteiger partial charge in [-0.25, -0.2) is 4.99 Å². The third-order valence-corrected chi connectivity index (χ3v) is 5.18. The third-order valence-electron chi connectivity index (χ3n) is 3.94. The monoisotopic (exact) mass is 414 g/mol. The predicted molar refractivity (Wildman–Crippen MR) is 118 cm³/mol. The zero-order chi connectivity index (χ0) is 20.1. The molecule has 0 unspecified atom stereocenters. The van der Waals surface area contributed by atoms with Crippen molar-refractivity contribution < 1.29 is 9.53 Å². The maximum absolute atomic E-state index is 13.0. The van der Waals surface area contributed by atoms with Gasteiger partial charge in [-0.05, 0) is 66.6 Å². The molecule has 1 aliphatic rings. The molecule has 1 saturated heterocycles. The van der Waals surface area contributed by atoms with Crippen molar-refractivity contribution in [1.29, 1.82) is 0 Å². The van der Waals surface area contributed by atoms with Crippen LogP contribution in [0, 0.1) is 5.92 Å². The second kappa shape index (κ2) is 9.30. The van der Waals surface area contributed by atoms with E-state index in [9.17, 15) is 4.79 Å². The molecule has 4 nitrogen and oxygen atoms in total. The number of rotatable bonds is 6. The Morgan fingerprint density at radius 2 is 2.00 bits per heavy atom. The summed E-state index contributed by atoms with van der Waals surface area (Å²) in [4.78, 5) is 20.1. The molecule has 1 heterocycles. The second-order valence-corrected chi connectivity index (χ2v) is 8.25. The molecule has 0 aliphatic carbocycles. The van der Waals surface area contributed by atoms with Gasteiger partial charge in [0.25, 0.3) is 5.91 Å². The van der Waals surface area contributed by atoms with Crippen molar-refractivity contribution in [3.63, 3.8) is 0 Å². The van der Waals surface area contributed by atoms with Gasteiger partial charge in [0.15, 0.2) is 5.17 Å². The summed E-state index contributed by atoms with van der Waals surface area (Å²) in [6.07, 6.45) is 1.89. The van der Waals surface area contributed by atoms with Crippen LogP contribution in [-0.2, 0) is 4.79 Å². The number of thioether (sulfide) groups is 1. The van der Waals surface area contributed by atoms with Crippen molar-refractivity contribution in [2.45, 2.75) is 20.8 Å². The molecule has 2 aromatic carbocycles. The highest BCUT2D eigenvalue weighted by Crippen LogP contribution is 2.35. The first kappa shape index (κ1) is 20.5. The maximum atomic E-state index is 13.0. The van der Waals surface area contributed by atoms with E-state index in [2.05, 4.69) is 18.8 Å². The molecule has 0 saturated carbocycles. The number of amidine groups is 1. The molecule has 1 fully saturated rings. The standard InChI is InChI=1S/C22H23ClN2O2S/c1-4-27-19-10-5-7-16(11-19)12-20-21(26)25(14-15(2)3)22(28-20)24-18-9-6-8-17(23)13-18/h5-13,15H,4,14H2,1-3H3/b20-12-,24-22?. The smallest absolute Gasteiger partial charge is 0.266 e. The van der Waals surface area contributed by atoms with Crippen LogP contribution in [0.25, 0.3) is 6.08 Å². The molecule has 2 aromatic rings. The minimum absolute atomic E-state index is 0.0266. The van der Waals surface area contributed by atoms with Gasteiger partial charge in [-0.1, -0.05) is 43.6 Å². The van der Waals surface area contributed by atoms with E-state index in [1.807, 2.05) is 49.4 Å². The first-order valence-electron chi connectivity index (χ1n) is 9.24. The fourth-order valence-electron chi connectivity index (χ4n) is 2.79. The summed E-state index contributed by atoms with van der Waals surface area (Å²) in [7, 11) is 0. The minimum atomic E-state index is -0.0266. The van der Waals surface area contributed by atoms with Crippen molar-refractivity contribution in [3.05, 3.63) is 64.0 Å². The zero-order valence-electron chi connectivity index (χ0n) is 16.2. The quantitative estimate of drug-likeness (QED) is 0.544. The first-order chi connectivity index (χ1) is 13.5. The second-order valence-electron chi connectivity index (χ2n) is 6.80. The Labute approximate surface area is 175 Å². The van der Waals surface area contributed by atoms with Gasteiger partial charge in [0.05, 0.1) is 17.2 Å². The molecule has 0 aromatic heterocycles. The highest BCUT2D eigenvalue weighted by molar-refractivity contribution is 8.18. The first-order valence-corrected chi connectivity index (χ1v) is 10.4. The van der Waals surface area contributed by atoms with Crippen molar-refractivity contribution in [2.75, 3.05) is 13.2 Å². The summed E-state index contributed by atoms with van der Waals surface area (Å²) in [5.74, 6) is 1.09. The van der Waals surface area contributed by atoms with Crippen LogP contribution in [0.5, 0.6) is 5.75 Å². The number of carbonyl (C=O) groups is 1. The Balaban J connectivity index is 1.93. The molecular weight excluding hydrogens is 392 g/mol. The normalized spacial score (nSPS) is 17.2. The van der Waals surface area contributed by atoms with E-state index in [4.69, 9.17) is 16.3 Å². The Bertz CT molecular complexity index is 924. The molecule has 0 N–H and O–H groups in total. The summed E-state index contributed by atoms with van der Waals surface area (Å²) in [5, 5.41) is 1.29. The molecule has 3 rings (SSSR count). The Kier molecular flexibility index (Phi) is 6.81. The average molecular weight is 415 g/mol. The fraction of sp³-hybridized carbons (Fsp3) is 0.273. The largest absolute Gasteiger partial charge is 0.494 e. The number of halogens is 1. The van der Waals surface area contributed by atoms with Crippen LogP contribution in [-0.4, -0.2) is 29.1 Å². The van der Waals surface area contributed by atoms with Crippen LogP contribution in [0.4, 0.5) is 5.69 Å². The molecule has 0 atom stereocenters. The fourth-order valence-corrected chi connectivity index (χ4v) is 3.98. The summed E-state index contributed by atoms with van der Waals surface area (Å²) in [6, 6.07) is 15.1. The predicted octanol–water partition coefficient (Wildman–Crippen LogP) is 6.00. The minimum Gasteiger partial charge on any atom is -0.494 e. The third kappa shape index (κ3) is 5.18. The van der Waals surface area contributed by atoms with E-state index in [1.165, 1.54) is 11.8 Å². The van der Waals surface area contributed by atoms with Gasteiger partial charge in [0, 0.05) is 11.6 Å². The number of carbonyl (C=O) groups excluding carboxylic acids is 1. The van der Waals surface area contributed by atoms with Crippen LogP contribution in [0.2, 0.25) is 5.02 Å². The topological polar surface area (TPSA) is 41.9 Å². The van der Waals surface area contributed by atoms with Crippen molar-refractivity contribution in [3.8, 4) is 5.75 Å². The summed E-state index contributed by atoms with van der Waals surface area (Å²) in [6.45, 7) is 7.34. The summed E-state index contributed by atoms with van der Waals surface area (Å²) < 4.78 is 5.56. The number of benzene rings is 2. The van der Waals surface area contributed by atoms with E-state index >= 15 is 0 Å². The Morgan fingerprint density at radius 1 is 1.21 bits per heavy atom. The Morgan fingerprint density at radius 3 is 2.71 bits per heavy atom. The summed E-state index contributed by atoms with van der Waals surface area (Å²) in [5.41, 5.74) is 1.66. The molecule has 6 heteroatoms. The number of amides is 1. The van der Waals surface area contributed by atoms with Gasteiger partial charge in [0.2, 0.25) is 0 Å². The van der Waals surface area contributed by atoms with Gasteiger partial charge in [0.1, 0.15) is 5.75 Å². The number of hydrogen-bond acceptors (Lipinski definition) is 4. The van der Waals surface area contributed by atoms with Crippen LogP contribution >= 0.6 is 23.4 Å². The van der Waals surface area contributed by atoms with Gasteiger partial charge in [-0.15, -0.1) is 0 Å². The SMILES string of the molecule is CCOc1cccc(/C=C2\SC(=Nc3cccc(Cl)c3)N(CC(C)C)C2=O)c1. The number of aliphatic imine (C=N–C) groups is 1. The molecule has 1 aliphatic heterocycles. The van der Waals surface area contributed by atoms with Crippen LogP contribution in [0.3, 0.4) is 0 Å². The van der Waals surface area contributed by atoms with Crippen LogP contribution in [0.15, 0.2) is 58.4 Å². The molecule has 146 valence electrons. The van der Waals surface area contributed by atoms with Crippen LogP contribution < -0.4 is 4.74 Å². The highest BCUT2D eigenvalue weighted by atomic mass is 35.5. The van der Waals surface area contributed by atoms with Crippen LogP contribution in [0.1, 0.15) is 26.3 Å². The lowest BCUT2D eigenvalue weighted by Gasteiger charge is -2.17. The average Bonchev–Trinajstić information content (AvgIpc) is 2.91. The van der Waals surface area contributed by atoms with E-state index in [0.29, 0.717) is 34.2 Å². The molecule has 0 bridgehead atoms. The molecule has 28 heavy (non-hydrogen) atoms. The number of hydrogen-bond donors (Lipinski definition) is 0. The van der Waals surface area contributed by atoms with Gasteiger partial charge in [-0.2, -0.15) is 0 Å². The molecule has 0 radical (unpaired) electrons. The number of nitrogens with zero attached hydrogens (tertiary/aromatic N) is 2. The van der Waals surface area contributed by atoms with Gasteiger partial charge >= 0.3 is 0 Å². The van der Waals surface area contributed by atoms with Gasteiger partial charge < -0.3 is 4.74 Å². The van der Waals surface area contributed by atoms with E-state index in [-0.39, 0.29) is 5.91 Å². The molecular formula is C22H23ClN2O2S. The Hall–Kier alpha value is -2.24. The lowest BCUT2D eigenvalue weighted by atomic mass is 10.2. The van der Waals surface area contributed by atoms with E-state index in [1.54, 1.807) is 17.0 Å². The highest BCUT2D eigenvalue weighted by Gasteiger charge is 2.33. The zero-order valence-corrected chi connectivity index (χ0v) is 17.8. The molecule has 1 amide bonds. The van der Waals surface area contributed by atoms with E-state index in [0.717, 1.165) is 17.0 Å². The lowest BCUT2D eigenvalue weighted by molar-refractivity contribution is -0.122. The van der Waals surface area contributed by atoms with Crippen molar-refractivity contribution >= 4 is 46.2 Å². The van der Waals surface area contributed by atoms with Crippen molar-refractivity contribution in [1.82, 2.24) is 4.90 Å². The van der Waals surface area contributed by atoms with Gasteiger partial charge in [-0.3, -0.25) is 9.69 Å². The maximum Gasteiger partial charge on any atom is 0.266 e. The number of ether oxygens (including phenoxy) is 1.